The van der Waals surface area contributed by atoms with Gasteiger partial charge in [0.2, 0.25) is 5.78 Å². The molecule has 1 aliphatic carbocycles. The molecule has 1 unspecified atom stereocenters. The number of hydrogen-bond acceptors (Lipinski definition) is 4. The highest BCUT2D eigenvalue weighted by Crippen LogP contribution is 2.39. The summed E-state index contributed by atoms with van der Waals surface area (Å²) in [4.78, 5) is 24.9. The monoisotopic (exact) mass is 298 g/mol. The second kappa shape index (κ2) is 4.83. The molecule has 2 aromatic rings. The van der Waals surface area contributed by atoms with Gasteiger partial charge in [0.1, 0.15) is 17.4 Å². The Morgan fingerprint density at radius 1 is 1.23 bits per heavy atom. The Morgan fingerprint density at radius 3 is 2.59 bits per heavy atom. The largest absolute Gasteiger partial charge is 0.460 e. The van der Waals surface area contributed by atoms with Crippen molar-refractivity contribution in [2.45, 2.75) is 39.2 Å². The Labute approximate surface area is 129 Å². The van der Waals surface area contributed by atoms with E-state index in [1.165, 1.54) is 6.26 Å². The van der Waals surface area contributed by atoms with E-state index in [1.807, 2.05) is 25.1 Å². The summed E-state index contributed by atoms with van der Waals surface area (Å²) in [6, 6.07) is 7.41. The highest BCUT2D eigenvalue weighted by Gasteiger charge is 2.36. The van der Waals surface area contributed by atoms with Crippen LogP contribution < -0.4 is 0 Å². The Balaban J connectivity index is 2.08. The highest BCUT2D eigenvalue weighted by molar-refractivity contribution is 6.12. The molecule has 0 N–H and O–H groups in total. The number of ether oxygens (including phenoxy) is 1. The van der Waals surface area contributed by atoms with E-state index in [-0.39, 0.29) is 17.5 Å². The molecule has 0 radical (unpaired) electrons. The molecule has 1 aromatic carbocycles. The molecule has 3 rings (SSSR count). The number of rotatable bonds is 1. The third-order valence-corrected chi connectivity index (χ3v) is 3.76. The third kappa shape index (κ3) is 2.25. The summed E-state index contributed by atoms with van der Waals surface area (Å²) >= 11 is 0. The van der Waals surface area contributed by atoms with Crippen LogP contribution in [0, 0.1) is 0 Å². The zero-order valence-electron chi connectivity index (χ0n) is 13.1. The zero-order valence-corrected chi connectivity index (χ0v) is 13.1. The van der Waals surface area contributed by atoms with Gasteiger partial charge in [0.05, 0.1) is 0 Å². The second-order valence-corrected chi connectivity index (χ2v) is 6.53. The van der Waals surface area contributed by atoms with Gasteiger partial charge in [-0.2, -0.15) is 0 Å². The lowest BCUT2D eigenvalue weighted by atomic mass is 9.80. The molecule has 1 heterocycles. The van der Waals surface area contributed by atoms with E-state index in [0.717, 1.165) is 5.56 Å². The first-order chi connectivity index (χ1) is 10.3. The minimum atomic E-state index is -0.596. The number of fused-ring (bicyclic) bond motifs is 2. The summed E-state index contributed by atoms with van der Waals surface area (Å²) in [5, 5.41) is 0. The number of carbonyl (C=O) groups is 2. The molecule has 22 heavy (non-hydrogen) atoms. The molecule has 1 aromatic heterocycles. The maximum atomic E-state index is 12.5. The van der Waals surface area contributed by atoms with Gasteiger partial charge in [-0.1, -0.05) is 31.2 Å². The molecule has 0 bridgehead atoms. The number of furan rings is 1. The average Bonchev–Trinajstić information content (AvgIpc) is 2.88. The first kappa shape index (κ1) is 14.6. The van der Waals surface area contributed by atoms with Crippen molar-refractivity contribution in [1.29, 1.82) is 0 Å². The van der Waals surface area contributed by atoms with Crippen molar-refractivity contribution in [3.63, 3.8) is 0 Å². The minimum absolute atomic E-state index is 0.0924. The van der Waals surface area contributed by atoms with Gasteiger partial charge in [-0.3, -0.25) is 4.79 Å². The lowest BCUT2D eigenvalue weighted by Gasteiger charge is -2.23. The fourth-order valence-corrected chi connectivity index (χ4v) is 2.82. The van der Waals surface area contributed by atoms with E-state index in [1.54, 1.807) is 26.8 Å². The minimum Gasteiger partial charge on any atom is -0.460 e. The molecular formula is C18H18O4. The topological polar surface area (TPSA) is 56.5 Å². The standard InChI is InChI=1S/C18H18O4/c1-10-11-7-5-6-8-12(11)15(19)16-14(10)13(9-21-16)17(20)22-18(2,3)4/h5-10H,1-4H3. The fourth-order valence-electron chi connectivity index (χ4n) is 2.82. The summed E-state index contributed by atoms with van der Waals surface area (Å²) in [5.41, 5.74) is 1.90. The van der Waals surface area contributed by atoms with Crippen LogP contribution in [0.1, 0.15) is 71.2 Å². The van der Waals surface area contributed by atoms with E-state index >= 15 is 0 Å². The molecule has 0 saturated heterocycles. The molecule has 0 fully saturated rings. The molecule has 0 aliphatic heterocycles. The Hall–Kier alpha value is -2.36. The Bertz CT molecular complexity index is 762. The number of esters is 1. The molecule has 0 spiro atoms. The van der Waals surface area contributed by atoms with Gasteiger partial charge in [-0.25, -0.2) is 4.79 Å². The third-order valence-electron chi connectivity index (χ3n) is 3.76. The van der Waals surface area contributed by atoms with E-state index in [4.69, 9.17) is 9.15 Å². The molecule has 1 atom stereocenters. The summed E-state index contributed by atoms with van der Waals surface area (Å²) in [6.45, 7) is 7.39. The van der Waals surface area contributed by atoms with E-state index in [9.17, 15) is 9.59 Å². The van der Waals surface area contributed by atoms with Gasteiger partial charge in [-0.15, -0.1) is 0 Å². The molecule has 1 aliphatic rings. The van der Waals surface area contributed by atoms with Crippen molar-refractivity contribution in [2.75, 3.05) is 0 Å². The van der Waals surface area contributed by atoms with Gasteiger partial charge >= 0.3 is 5.97 Å². The van der Waals surface area contributed by atoms with Crippen LogP contribution >= 0.6 is 0 Å². The molecular weight excluding hydrogens is 280 g/mol. The van der Waals surface area contributed by atoms with Crippen molar-refractivity contribution >= 4 is 11.8 Å². The van der Waals surface area contributed by atoms with Crippen LogP contribution in [0.3, 0.4) is 0 Å². The number of carbonyl (C=O) groups excluding carboxylic acids is 2. The molecule has 0 amide bonds. The van der Waals surface area contributed by atoms with Gasteiger partial charge in [0.15, 0.2) is 5.76 Å². The lowest BCUT2D eigenvalue weighted by molar-refractivity contribution is 0.00675. The predicted octanol–water partition coefficient (Wildman–Crippen LogP) is 3.93. The molecule has 4 heteroatoms. The van der Waals surface area contributed by atoms with Crippen LogP contribution in [0.5, 0.6) is 0 Å². The van der Waals surface area contributed by atoms with Crippen LogP contribution in [0.15, 0.2) is 34.9 Å². The first-order valence-electron chi connectivity index (χ1n) is 7.28. The summed E-state index contributed by atoms with van der Waals surface area (Å²) in [7, 11) is 0. The molecule has 0 saturated carbocycles. The average molecular weight is 298 g/mol. The molecule has 4 nitrogen and oxygen atoms in total. The Morgan fingerprint density at radius 2 is 1.91 bits per heavy atom. The Kier molecular flexibility index (Phi) is 3.20. The van der Waals surface area contributed by atoms with Gasteiger partial charge < -0.3 is 9.15 Å². The van der Waals surface area contributed by atoms with Crippen molar-refractivity contribution < 1.29 is 18.7 Å². The predicted molar refractivity (Wildman–Crippen MR) is 81.3 cm³/mol. The van der Waals surface area contributed by atoms with Crippen molar-refractivity contribution in [2.24, 2.45) is 0 Å². The van der Waals surface area contributed by atoms with Crippen LogP contribution in [-0.2, 0) is 4.74 Å². The van der Waals surface area contributed by atoms with Crippen molar-refractivity contribution in [3.8, 4) is 0 Å². The van der Waals surface area contributed by atoms with Crippen molar-refractivity contribution in [1.82, 2.24) is 0 Å². The number of hydrogen-bond donors (Lipinski definition) is 0. The van der Waals surface area contributed by atoms with Crippen LogP contribution in [-0.4, -0.2) is 17.4 Å². The quantitative estimate of drug-likeness (QED) is 0.748. The SMILES string of the molecule is CC1c2ccccc2C(=O)c2occ(C(=O)OC(C)(C)C)c21. The van der Waals surface area contributed by atoms with Gasteiger partial charge in [-0.05, 0) is 26.3 Å². The smallest absolute Gasteiger partial charge is 0.342 e. The number of benzene rings is 1. The van der Waals surface area contributed by atoms with Crippen LogP contribution in [0.25, 0.3) is 0 Å². The van der Waals surface area contributed by atoms with Gasteiger partial charge in [0, 0.05) is 17.0 Å². The maximum absolute atomic E-state index is 12.5. The summed E-state index contributed by atoms with van der Waals surface area (Å²) in [6.07, 6.45) is 1.33. The number of ketones is 1. The zero-order chi connectivity index (χ0) is 16.1. The van der Waals surface area contributed by atoms with Crippen LogP contribution in [0.2, 0.25) is 0 Å². The van der Waals surface area contributed by atoms with Crippen LogP contribution in [0.4, 0.5) is 0 Å². The van der Waals surface area contributed by atoms with E-state index in [2.05, 4.69) is 0 Å². The summed E-state index contributed by atoms with van der Waals surface area (Å²) in [5.74, 6) is -0.493. The second-order valence-electron chi connectivity index (χ2n) is 6.53. The lowest BCUT2D eigenvalue weighted by Crippen LogP contribution is -2.25. The van der Waals surface area contributed by atoms with Gasteiger partial charge in [0.25, 0.3) is 0 Å². The van der Waals surface area contributed by atoms with Crippen molar-refractivity contribution in [3.05, 3.63) is 58.5 Å². The maximum Gasteiger partial charge on any atom is 0.342 e. The normalized spacial score (nSPS) is 16.9. The van der Waals surface area contributed by atoms with E-state index in [0.29, 0.717) is 16.7 Å². The molecule has 114 valence electrons. The highest BCUT2D eigenvalue weighted by atomic mass is 16.6. The summed E-state index contributed by atoms with van der Waals surface area (Å²) < 4.78 is 10.8. The first-order valence-corrected chi connectivity index (χ1v) is 7.28. The fraction of sp³-hybridized carbons (Fsp3) is 0.333. The van der Waals surface area contributed by atoms with E-state index < -0.39 is 11.6 Å².